The summed E-state index contributed by atoms with van der Waals surface area (Å²) in [5.41, 5.74) is 4.67. The molecule has 0 saturated heterocycles. The maximum atomic E-state index is 4.51. The summed E-state index contributed by atoms with van der Waals surface area (Å²) in [5.74, 6) is 0. The van der Waals surface area contributed by atoms with Gasteiger partial charge >= 0.3 is 0 Å². The third kappa shape index (κ3) is 1.81. The molecule has 0 spiro atoms. The fourth-order valence-corrected chi connectivity index (χ4v) is 0.814. The van der Waals surface area contributed by atoms with Gasteiger partial charge in [0.05, 0.1) is 0 Å². The fourth-order valence-electron chi connectivity index (χ4n) is 0.696. The smallest absolute Gasteiger partial charge is 0.138 e. The molecule has 0 aliphatic carbocycles. The molecule has 1 aromatic carbocycles. The van der Waals surface area contributed by atoms with Crippen LogP contribution in [0, 0.1) is 6.92 Å². The lowest BCUT2D eigenvalue weighted by molar-refractivity contribution is 1.47. The van der Waals surface area contributed by atoms with Crippen molar-refractivity contribution < 1.29 is 0 Å². The van der Waals surface area contributed by atoms with E-state index in [2.05, 4.69) is 23.0 Å². The molecular formula is C8H8NS. The molecule has 0 fully saturated rings. The summed E-state index contributed by atoms with van der Waals surface area (Å²) in [6.07, 6.45) is 0. The quantitative estimate of drug-likeness (QED) is 0.512. The minimum Gasteiger partial charge on any atom is -0.344 e. The average Bonchev–Trinajstić information content (AvgIpc) is 1.95. The van der Waals surface area contributed by atoms with E-state index in [1.165, 1.54) is 5.56 Å². The van der Waals surface area contributed by atoms with Gasteiger partial charge in [0.1, 0.15) is 5.49 Å². The largest absolute Gasteiger partial charge is 0.344 e. The number of benzene rings is 1. The van der Waals surface area contributed by atoms with Crippen LogP contribution in [0.15, 0.2) is 24.3 Å². The molecule has 0 aliphatic rings. The number of hydrogen-bond acceptors (Lipinski definition) is 1. The minimum absolute atomic E-state index is 0.987. The van der Waals surface area contributed by atoms with Gasteiger partial charge in [-0.25, -0.2) is 0 Å². The summed E-state index contributed by atoms with van der Waals surface area (Å²) in [7, 11) is 0. The Morgan fingerprint density at radius 1 is 1.30 bits per heavy atom. The zero-order valence-corrected chi connectivity index (χ0v) is 6.53. The molecular weight excluding hydrogens is 142 g/mol. The molecule has 1 rings (SSSR count). The molecule has 0 unspecified atom stereocenters. The third-order valence-electron chi connectivity index (χ3n) is 1.25. The van der Waals surface area contributed by atoms with Crippen LogP contribution in [0.5, 0.6) is 0 Å². The molecule has 0 atom stereocenters. The Labute approximate surface area is 66.1 Å². The Balaban J connectivity index is 2.78. The molecule has 0 aromatic heterocycles. The van der Waals surface area contributed by atoms with E-state index in [1.54, 1.807) is 0 Å². The molecule has 10 heavy (non-hydrogen) atoms. The van der Waals surface area contributed by atoms with Gasteiger partial charge in [0.25, 0.3) is 0 Å². The molecule has 1 aromatic rings. The SMILES string of the molecule is Cc1ccc(N[C]=S)cc1. The molecule has 0 bridgehead atoms. The average molecular weight is 150 g/mol. The Bertz CT molecular complexity index is 215. The summed E-state index contributed by atoms with van der Waals surface area (Å²) in [4.78, 5) is 0. The molecule has 1 radical (unpaired) electrons. The van der Waals surface area contributed by atoms with Crippen LogP contribution in [0.4, 0.5) is 5.69 Å². The summed E-state index contributed by atoms with van der Waals surface area (Å²) in [5, 5.41) is 2.80. The maximum absolute atomic E-state index is 4.51. The molecule has 1 N–H and O–H groups in total. The van der Waals surface area contributed by atoms with Crippen molar-refractivity contribution in [2.24, 2.45) is 0 Å². The van der Waals surface area contributed by atoms with Crippen LogP contribution in [0.3, 0.4) is 0 Å². The van der Waals surface area contributed by atoms with Gasteiger partial charge in [0, 0.05) is 5.69 Å². The van der Waals surface area contributed by atoms with Crippen molar-refractivity contribution in [3.8, 4) is 0 Å². The van der Waals surface area contributed by atoms with Gasteiger partial charge in [0.15, 0.2) is 0 Å². The van der Waals surface area contributed by atoms with Crippen molar-refractivity contribution in [2.75, 3.05) is 5.32 Å². The first-order valence-corrected chi connectivity index (χ1v) is 3.43. The molecule has 0 heterocycles. The zero-order chi connectivity index (χ0) is 7.40. The number of aryl methyl sites for hydroxylation is 1. The lowest BCUT2D eigenvalue weighted by Crippen LogP contribution is -1.90. The molecule has 0 amide bonds. The van der Waals surface area contributed by atoms with Gasteiger partial charge in [-0.15, -0.1) is 0 Å². The Kier molecular flexibility index (Phi) is 2.40. The predicted octanol–water partition coefficient (Wildman–Crippen LogP) is 2.24. The monoisotopic (exact) mass is 150 g/mol. The number of hydrogen-bond donors (Lipinski definition) is 1. The van der Waals surface area contributed by atoms with Gasteiger partial charge in [-0.2, -0.15) is 0 Å². The van der Waals surface area contributed by atoms with E-state index < -0.39 is 0 Å². The van der Waals surface area contributed by atoms with Crippen LogP contribution in [0.2, 0.25) is 0 Å². The lowest BCUT2D eigenvalue weighted by Gasteiger charge is -1.97. The van der Waals surface area contributed by atoms with E-state index in [-0.39, 0.29) is 0 Å². The first-order valence-electron chi connectivity index (χ1n) is 3.03. The lowest BCUT2D eigenvalue weighted by atomic mass is 10.2. The highest BCUT2D eigenvalue weighted by Crippen LogP contribution is 2.06. The first kappa shape index (κ1) is 7.22. The minimum atomic E-state index is 0.987. The van der Waals surface area contributed by atoms with Crippen molar-refractivity contribution in [3.63, 3.8) is 0 Å². The highest BCUT2D eigenvalue weighted by molar-refractivity contribution is 7.79. The van der Waals surface area contributed by atoms with E-state index in [1.807, 2.05) is 31.2 Å². The second kappa shape index (κ2) is 3.32. The van der Waals surface area contributed by atoms with E-state index in [4.69, 9.17) is 0 Å². The number of rotatable bonds is 2. The van der Waals surface area contributed by atoms with Gasteiger partial charge in [-0.3, -0.25) is 0 Å². The number of nitrogens with one attached hydrogen (secondary N) is 1. The van der Waals surface area contributed by atoms with Gasteiger partial charge < -0.3 is 5.32 Å². The third-order valence-corrected chi connectivity index (χ3v) is 1.35. The van der Waals surface area contributed by atoms with Crippen molar-refractivity contribution in [1.29, 1.82) is 0 Å². The van der Waals surface area contributed by atoms with E-state index in [9.17, 15) is 0 Å². The van der Waals surface area contributed by atoms with Crippen molar-refractivity contribution in [1.82, 2.24) is 0 Å². The van der Waals surface area contributed by atoms with E-state index >= 15 is 0 Å². The van der Waals surface area contributed by atoms with Gasteiger partial charge in [0.2, 0.25) is 0 Å². The molecule has 2 heteroatoms. The van der Waals surface area contributed by atoms with Crippen molar-refractivity contribution in [3.05, 3.63) is 29.8 Å². The fraction of sp³-hybridized carbons (Fsp3) is 0.125. The highest BCUT2D eigenvalue weighted by atomic mass is 32.1. The van der Waals surface area contributed by atoms with Crippen LogP contribution in [-0.2, 0) is 0 Å². The van der Waals surface area contributed by atoms with Gasteiger partial charge in [-0.05, 0) is 19.1 Å². The highest BCUT2D eigenvalue weighted by Gasteiger charge is 1.85. The molecule has 0 aliphatic heterocycles. The molecule has 51 valence electrons. The second-order valence-electron chi connectivity index (χ2n) is 2.09. The van der Waals surface area contributed by atoms with Crippen LogP contribution < -0.4 is 5.32 Å². The summed E-state index contributed by atoms with van der Waals surface area (Å²) in [6.45, 7) is 2.05. The maximum Gasteiger partial charge on any atom is 0.138 e. The Morgan fingerprint density at radius 3 is 2.40 bits per heavy atom. The van der Waals surface area contributed by atoms with Crippen LogP contribution >= 0.6 is 12.2 Å². The Hall–Kier alpha value is -0.890. The first-order chi connectivity index (χ1) is 4.83. The summed E-state index contributed by atoms with van der Waals surface area (Å²) in [6, 6.07) is 7.98. The van der Waals surface area contributed by atoms with Crippen LogP contribution in [0.1, 0.15) is 5.56 Å². The Morgan fingerprint density at radius 2 is 1.90 bits per heavy atom. The number of anilines is 1. The summed E-state index contributed by atoms with van der Waals surface area (Å²) < 4.78 is 0. The van der Waals surface area contributed by atoms with Crippen LogP contribution in [-0.4, -0.2) is 5.49 Å². The van der Waals surface area contributed by atoms with Crippen molar-refractivity contribution >= 4 is 23.4 Å². The zero-order valence-electron chi connectivity index (χ0n) is 5.72. The van der Waals surface area contributed by atoms with Gasteiger partial charge in [-0.1, -0.05) is 29.9 Å². The molecule has 0 saturated carbocycles. The second-order valence-corrected chi connectivity index (χ2v) is 2.30. The molecule has 1 nitrogen and oxygen atoms in total. The normalized spacial score (nSPS) is 8.90. The van der Waals surface area contributed by atoms with E-state index in [0.29, 0.717) is 0 Å². The summed E-state index contributed by atoms with van der Waals surface area (Å²) >= 11 is 4.51. The predicted molar refractivity (Wildman–Crippen MR) is 47.4 cm³/mol. The van der Waals surface area contributed by atoms with E-state index in [0.717, 1.165) is 5.69 Å². The topological polar surface area (TPSA) is 12.0 Å². The number of thiocarbonyl (C=S) groups is 1. The van der Waals surface area contributed by atoms with Crippen LogP contribution in [0.25, 0.3) is 0 Å². The van der Waals surface area contributed by atoms with Crippen molar-refractivity contribution in [2.45, 2.75) is 6.92 Å². The standard InChI is InChI=1S/C8H8NS/c1-7-2-4-8(5-3-7)9-6-10/h2-5H,1H3,(H,9,10).